The molecule has 26 heavy (non-hydrogen) atoms. The molecule has 0 bridgehead atoms. The van der Waals surface area contributed by atoms with Crippen molar-refractivity contribution in [1.82, 2.24) is 10.2 Å². The third kappa shape index (κ3) is 2.98. The van der Waals surface area contributed by atoms with E-state index in [0.29, 0.717) is 11.4 Å². The monoisotopic (exact) mass is 340 g/mol. The number of para-hydroxylation sites is 1. The lowest BCUT2D eigenvalue weighted by Gasteiger charge is -2.11. The molecule has 4 aromatic rings. The smallest absolute Gasteiger partial charge is 0.248 e. The van der Waals surface area contributed by atoms with Crippen LogP contribution in [-0.4, -0.2) is 16.1 Å². The molecule has 1 amide bonds. The van der Waals surface area contributed by atoms with E-state index in [1.807, 2.05) is 66.7 Å². The van der Waals surface area contributed by atoms with E-state index in [2.05, 4.69) is 15.5 Å². The van der Waals surface area contributed by atoms with Gasteiger partial charge in [0.2, 0.25) is 5.91 Å². The number of fused-ring (bicyclic) bond motifs is 1. The Morgan fingerprint density at radius 2 is 1.42 bits per heavy atom. The van der Waals surface area contributed by atoms with Gasteiger partial charge in [0.05, 0.1) is 0 Å². The number of hydrogen-bond donors (Lipinski definition) is 2. The van der Waals surface area contributed by atoms with Crippen molar-refractivity contribution in [3.8, 4) is 11.3 Å². The topological polar surface area (TPSA) is 80.9 Å². The number of nitrogens with zero attached hydrogens (tertiary/aromatic N) is 2. The molecule has 0 aliphatic carbocycles. The molecule has 3 N–H and O–H groups in total. The van der Waals surface area contributed by atoms with Crippen LogP contribution in [0.25, 0.3) is 22.0 Å². The molecule has 126 valence electrons. The molecule has 5 nitrogen and oxygen atoms in total. The summed E-state index contributed by atoms with van der Waals surface area (Å²) in [5, 5.41) is 14.1. The van der Waals surface area contributed by atoms with E-state index in [1.54, 1.807) is 12.1 Å². The predicted octanol–water partition coefficient (Wildman–Crippen LogP) is 4.14. The van der Waals surface area contributed by atoms with Gasteiger partial charge in [-0.05, 0) is 24.3 Å². The minimum atomic E-state index is -0.449. The Kier molecular flexibility index (Phi) is 4.03. The summed E-state index contributed by atoms with van der Waals surface area (Å²) in [4.78, 5) is 11.3. The van der Waals surface area contributed by atoms with Crippen LogP contribution < -0.4 is 11.1 Å². The maximum absolute atomic E-state index is 11.3. The standard InChI is InChI=1S/C21H16N4O/c22-20(26)15-12-10-14(11-13-15)19-17-8-4-5-9-18(17)21(25-24-19)23-16-6-2-1-3-7-16/h1-13H,(H2,22,26)(H,23,25). The zero-order valence-corrected chi connectivity index (χ0v) is 13.9. The quantitative estimate of drug-likeness (QED) is 0.585. The zero-order chi connectivity index (χ0) is 17.9. The second kappa shape index (κ2) is 6.64. The fourth-order valence-corrected chi connectivity index (χ4v) is 2.86. The van der Waals surface area contributed by atoms with Gasteiger partial charge in [-0.3, -0.25) is 4.79 Å². The summed E-state index contributed by atoms with van der Waals surface area (Å²) in [6.45, 7) is 0. The molecule has 0 aliphatic heterocycles. The molecule has 0 saturated carbocycles. The molecule has 0 saturated heterocycles. The van der Waals surface area contributed by atoms with Gasteiger partial charge in [-0.1, -0.05) is 54.6 Å². The highest BCUT2D eigenvalue weighted by Gasteiger charge is 2.11. The third-order valence-electron chi connectivity index (χ3n) is 4.17. The maximum Gasteiger partial charge on any atom is 0.248 e. The van der Waals surface area contributed by atoms with Crippen LogP contribution in [0.15, 0.2) is 78.9 Å². The van der Waals surface area contributed by atoms with E-state index >= 15 is 0 Å². The Balaban J connectivity index is 1.80. The van der Waals surface area contributed by atoms with Crippen molar-refractivity contribution in [2.75, 3.05) is 5.32 Å². The molecular weight excluding hydrogens is 324 g/mol. The minimum absolute atomic E-state index is 0.449. The van der Waals surface area contributed by atoms with Crippen LogP contribution in [0.1, 0.15) is 10.4 Å². The number of hydrogen-bond acceptors (Lipinski definition) is 4. The van der Waals surface area contributed by atoms with Crippen molar-refractivity contribution in [1.29, 1.82) is 0 Å². The Morgan fingerprint density at radius 1 is 0.769 bits per heavy atom. The molecule has 0 spiro atoms. The molecule has 0 aliphatic rings. The normalized spacial score (nSPS) is 10.6. The highest BCUT2D eigenvalue weighted by Crippen LogP contribution is 2.31. The Hall–Kier alpha value is -3.73. The lowest BCUT2D eigenvalue weighted by Crippen LogP contribution is -2.10. The van der Waals surface area contributed by atoms with Crippen LogP contribution in [0.5, 0.6) is 0 Å². The molecule has 4 rings (SSSR count). The molecule has 1 heterocycles. The van der Waals surface area contributed by atoms with E-state index in [9.17, 15) is 4.79 Å². The van der Waals surface area contributed by atoms with Crippen LogP contribution in [-0.2, 0) is 0 Å². The summed E-state index contributed by atoms with van der Waals surface area (Å²) in [6, 6.07) is 24.9. The summed E-state index contributed by atoms with van der Waals surface area (Å²) >= 11 is 0. The lowest BCUT2D eigenvalue weighted by molar-refractivity contribution is 0.100. The Labute approximate surface area is 150 Å². The van der Waals surface area contributed by atoms with Gasteiger partial charge in [-0.15, -0.1) is 10.2 Å². The van der Waals surface area contributed by atoms with Crippen molar-refractivity contribution < 1.29 is 4.79 Å². The van der Waals surface area contributed by atoms with Gasteiger partial charge in [0, 0.05) is 27.6 Å². The van der Waals surface area contributed by atoms with Crippen molar-refractivity contribution >= 4 is 28.2 Å². The number of primary amides is 1. The van der Waals surface area contributed by atoms with Crippen LogP contribution in [0.4, 0.5) is 11.5 Å². The summed E-state index contributed by atoms with van der Waals surface area (Å²) in [5.74, 6) is 0.249. The highest BCUT2D eigenvalue weighted by atomic mass is 16.1. The fourth-order valence-electron chi connectivity index (χ4n) is 2.86. The summed E-state index contributed by atoms with van der Waals surface area (Å²) in [6.07, 6.45) is 0. The summed E-state index contributed by atoms with van der Waals surface area (Å²) in [5.41, 5.74) is 8.37. The number of aromatic nitrogens is 2. The van der Waals surface area contributed by atoms with E-state index in [1.165, 1.54) is 0 Å². The van der Waals surface area contributed by atoms with E-state index < -0.39 is 5.91 Å². The second-order valence-electron chi connectivity index (χ2n) is 5.88. The zero-order valence-electron chi connectivity index (χ0n) is 13.9. The molecule has 3 aromatic carbocycles. The molecule has 0 atom stereocenters. The van der Waals surface area contributed by atoms with Crippen LogP contribution in [0.2, 0.25) is 0 Å². The number of amides is 1. The second-order valence-corrected chi connectivity index (χ2v) is 5.88. The molecular formula is C21H16N4O. The van der Waals surface area contributed by atoms with E-state index in [4.69, 9.17) is 5.73 Å². The molecule has 5 heteroatoms. The van der Waals surface area contributed by atoms with Gasteiger partial charge in [-0.25, -0.2) is 0 Å². The molecule has 1 aromatic heterocycles. The first-order valence-corrected chi connectivity index (χ1v) is 8.20. The minimum Gasteiger partial charge on any atom is -0.366 e. The lowest BCUT2D eigenvalue weighted by atomic mass is 10.0. The van der Waals surface area contributed by atoms with Gasteiger partial charge in [0.25, 0.3) is 0 Å². The van der Waals surface area contributed by atoms with Gasteiger partial charge < -0.3 is 11.1 Å². The number of carbonyl (C=O) groups excluding carboxylic acids is 1. The van der Waals surface area contributed by atoms with Crippen molar-refractivity contribution in [2.45, 2.75) is 0 Å². The first-order valence-electron chi connectivity index (χ1n) is 8.20. The molecule has 0 fully saturated rings. The highest BCUT2D eigenvalue weighted by molar-refractivity contribution is 6.01. The first-order chi connectivity index (χ1) is 12.7. The van der Waals surface area contributed by atoms with Crippen LogP contribution >= 0.6 is 0 Å². The fraction of sp³-hybridized carbons (Fsp3) is 0. The molecule has 0 unspecified atom stereocenters. The van der Waals surface area contributed by atoms with E-state index in [-0.39, 0.29) is 0 Å². The molecule has 0 radical (unpaired) electrons. The van der Waals surface area contributed by atoms with Crippen molar-refractivity contribution in [2.24, 2.45) is 5.73 Å². The number of anilines is 2. The van der Waals surface area contributed by atoms with Gasteiger partial charge in [0.15, 0.2) is 5.82 Å². The predicted molar refractivity (Wildman–Crippen MR) is 103 cm³/mol. The largest absolute Gasteiger partial charge is 0.366 e. The van der Waals surface area contributed by atoms with E-state index in [0.717, 1.165) is 27.7 Å². The average molecular weight is 340 g/mol. The Morgan fingerprint density at radius 3 is 2.12 bits per heavy atom. The number of carbonyl (C=O) groups is 1. The SMILES string of the molecule is NC(=O)c1ccc(-c2nnc(Nc3ccccc3)c3ccccc23)cc1. The van der Waals surface area contributed by atoms with Gasteiger partial charge >= 0.3 is 0 Å². The summed E-state index contributed by atoms with van der Waals surface area (Å²) < 4.78 is 0. The van der Waals surface area contributed by atoms with Crippen molar-refractivity contribution in [3.63, 3.8) is 0 Å². The van der Waals surface area contributed by atoms with Crippen LogP contribution in [0.3, 0.4) is 0 Å². The number of nitrogens with one attached hydrogen (secondary N) is 1. The Bertz CT molecular complexity index is 1080. The average Bonchev–Trinajstić information content (AvgIpc) is 2.69. The third-order valence-corrected chi connectivity index (χ3v) is 4.17. The first kappa shape index (κ1) is 15.8. The van der Waals surface area contributed by atoms with Crippen LogP contribution in [0, 0.1) is 0 Å². The maximum atomic E-state index is 11.3. The van der Waals surface area contributed by atoms with Gasteiger partial charge in [-0.2, -0.15) is 0 Å². The van der Waals surface area contributed by atoms with Crippen molar-refractivity contribution in [3.05, 3.63) is 84.4 Å². The number of nitrogens with two attached hydrogens (primary N) is 1. The number of benzene rings is 3. The number of rotatable bonds is 4. The summed E-state index contributed by atoms with van der Waals surface area (Å²) in [7, 11) is 0. The van der Waals surface area contributed by atoms with Gasteiger partial charge in [0.1, 0.15) is 5.69 Å².